The van der Waals surface area contributed by atoms with Crippen molar-refractivity contribution < 1.29 is 19.1 Å². The first kappa shape index (κ1) is 14.9. The van der Waals surface area contributed by atoms with Gasteiger partial charge in [-0.1, -0.05) is 0 Å². The van der Waals surface area contributed by atoms with Crippen LogP contribution in [-0.2, 0) is 14.3 Å². The number of hydrogen-bond donors (Lipinski definition) is 1. The molecule has 0 aromatic carbocycles. The molecule has 20 heavy (non-hydrogen) atoms. The summed E-state index contributed by atoms with van der Waals surface area (Å²) in [6.45, 7) is 5.98. The maximum Gasteiger partial charge on any atom is 0.407 e. The minimum absolute atomic E-state index is 0.0111. The van der Waals surface area contributed by atoms with Crippen molar-refractivity contribution in [2.45, 2.75) is 64.6 Å². The van der Waals surface area contributed by atoms with E-state index in [0.29, 0.717) is 25.8 Å². The van der Waals surface area contributed by atoms with Gasteiger partial charge in [-0.05, 0) is 27.2 Å². The Kier molecular flexibility index (Phi) is 4.35. The summed E-state index contributed by atoms with van der Waals surface area (Å²) in [5.74, 6) is 1.11. The largest absolute Gasteiger partial charge is 0.494 e. The molecule has 1 heterocycles. The molecule has 1 aliphatic heterocycles. The fourth-order valence-electron chi connectivity index (χ4n) is 2.51. The van der Waals surface area contributed by atoms with Crippen LogP contribution in [0.15, 0.2) is 11.3 Å². The summed E-state index contributed by atoms with van der Waals surface area (Å²) in [5.41, 5.74) is 0.389. The summed E-state index contributed by atoms with van der Waals surface area (Å²) in [6, 6.07) is 0. The average Bonchev–Trinajstić information content (AvgIpc) is 2.71. The third-order valence-electron chi connectivity index (χ3n) is 3.36. The Morgan fingerprint density at radius 1 is 1.40 bits per heavy atom. The van der Waals surface area contributed by atoms with Gasteiger partial charge in [0.15, 0.2) is 5.78 Å². The Hall–Kier alpha value is -1.52. The van der Waals surface area contributed by atoms with Crippen LogP contribution in [-0.4, -0.2) is 30.1 Å². The van der Waals surface area contributed by atoms with E-state index in [1.54, 1.807) is 0 Å². The number of ketones is 1. The van der Waals surface area contributed by atoms with E-state index in [1.807, 2.05) is 20.8 Å². The number of alkyl carbamates (subject to hydrolysis) is 1. The molecule has 2 aliphatic rings. The number of amides is 1. The maximum atomic E-state index is 11.7. The monoisotopic (exact) mass is 281 g/mol. The van der Waals surface area contributed by atoms with Crippen molar-refractivity contribution >= 4 is 11.9 Å². The van der Waals surface area contributed by atoms with Crippen LogP contribution < -0.4 is 5.32 Å². The van der Waals surface area contributed by atoms with Crippen molar-refractivity contribution in [3.63, 3.8) is 0 Å². The molecular weight excluding hydrogens is 258 g/mol. The summed E-state index contributed by atoms with van der Waals surface area (Å²) >= 11 is 0. The first-order chi connectivity index (χ1) is 9.35. The van der Waals surface area contributed by atoms with Gasteiger partial charge in [-0.15, -0.1) is 0 Å². The lowest BCUT2D eigenvalue weighted by molar-refractivity contribution is -0.116. The molecule has 0 radical (unpaired) electrons. The minimum atomic E-state index is -0.485. The van der Waals surface area contributed by atoms with Crippen LogP contribution in [0.3, 0.4) is 0 Å². The second kappa shape index (κ2) is 5.85. The predicted molar refractivity (Wildman–Crippen MR) is 74.2 cm³/mol. The quantitative estimate of drug-likeness (QED) is 0.863. The van der Waals surface area contributed by atoms with Crippen molar-refractivity contribution in [3.05, 3.63) is 11.3 Å². The van der Waals surface area contributed by atoms with Crippen molar-refractivity contribution in [2.75, 3.05) is 6.54 Å². The van der Waals surface area contributed by atoms with Crippen LogP contribution in [0.4, 0.5) is 4.79 Å². The molecule has 0 bridgehead atoms. The molecule has 0 saturated carbocycles. The predicted octanol–water partition coefficient (Wildman–Crippen LogP) is 2.70. The zero-order chi connectivity index (χ0) is 14.8. The maximum absolute atomic E-state index is 11.7. The molecule has 0 aromatic rings. The Labute approximate surface area is 119 Å². The molecule has 0 spiro atoms. The average molecular weight is 281 g/mol. The van der Waals surface area contributed by atoms with Gasteiger partial charge in [0, 0.05) is 37.8 Å². The van der Waals surface area contributed by atoms with E-state index in [0.717, 1.165) is 24.2 Å². The number of allylic oxidation sites excluding steroid dienone is 1. The molecule has 0 aromatic heterocycles. The van der Waals surface area contributed by atoms with Crippen LogP contribution in [0.2, 0.25) is 0 Å². The van der Waals surface area contributed by atoms with Crippen molar-refractivity contribution in [3.8, 4) is 0 Å². The number of Topliss-reactive ketones (excluding diaryl/α,β-unsaturated/α-hetero) is 1. The van der Waals surface area contributed by atoms with Gasteiger partial charge in [-0.3, -0.25) is 4.79 Å². The van der Waals surface area contributed by atoms with E-state index in [9.17, 15) is 9.59 Å². The number of carbonyl (C=O) groups excluding carboxylic acids is 2. The van der Waals surface area contributed by atoms with Crippen molar-refractivity contribution in [2.24, 2.45) is 0 Å². The standard InChI is InChI=1S/C15H23NO4/c1-15(2,3)20-14(18)16-8-7-10-9-11-12(17)5-4-6-13(11)19-10/h10H,4-9H2,1-3H3,(H,16,18). The van der Waals surface area contributed by atoms with Gasteiger partial charge < -0.3 is 14.8 Å². The molecular formula is C15H23NO4. The lowest BCUT2D eigenvalue weighted by atomic mass is 9.94. The molecule has 1 amide bonds. The van der Waals surface area contributed by atoms with Crippen LogP contribution in [0.5, 0.6) is 0 Å². The van der Waals surface area contributed by atoms with Crippen molar-refractivity contribution in [1.82, 2.24) is 5.32 Å². The number of nitrogens with one attached hydrogen (secondary N) is 1. The molecule has 1 unspecified atom stereocenters. The third kappa shape index (κ3) is 3.99. The number of hydrogen-bond acceptors (Lipinski definition) is 4. The summed E-state index contributed by atoms with van der Waals surface area (Å²) in [4.78, 5) is 23.2. The smallest absolute Gasteiger partial charge is 0.407 e. The van der Waals surface area contributed by atoms with E-state index in [4.69, 9.17) is 9.47 Å². The van der Waals surface area contributed by atoms with Crippen LogP contribution in [0, 0.1) is 0 Å². The van der Waals surface area contributed by atoms with E-state index < -0.39 is 11.7 Å². The Morgan fingerprint density at radius 2 is 2.15 bits per heavy atom. The first-order valence-corrected chi connectivity index (χ1v) is 7.24. The highest BCUT2D eigenvalue weighted by atomic mass is 16.6. The van der Waals surface area contributed by atoms with Crippen LogP contribution in [0.1, 0.15) is 52.9 Å². The Bertz CT molecular complexity index is 434. The second-order valence-electron chi connectivity index (χ2n) is 6.34. The van der Waals surface area contributed by atoms with Gasteiger partial charge in [-0.25, -0.2) is 4.79 Å². The number of ether oxygens (including phenoxy) is 2. The molecule has 1 aliphatic carbocycles. The molecule has 2 rings (SSSR count). The van der Waals surface area contributed by atoms with Crippen LogP contribution >= 0.6 is 0 Å². The SMILES string of the molecule is CC(C)(C)OC(=O)NCCC1CC2=C(CCCC2=O)O1. The minimum Gasteiger partial charge on any atom is -0.494 e. The summed E-state index contributed by atoms with van der Waals surface area (Å²) in [7, 11) is 0. The number of carbonyl (C=O) groups is 2. The molecule has 1 N–H and O–H groups in total. The van der Waals surface area contributed by atoms with E-state index in [2.05, 4.69) is 5.32 Å². The fraction of sp³-hybridized carbons (Fsp3) is 0.733. The van der Waals surface area contributed by atoms with Gasteiger partial charge in [-0.2, -0.15) is 0 Å². The van der Waals surface area contributed by atoms with Gasteiger partial charge >= 0.3 is 6.09 Å². The second-order valence-corrected chi connectivity index (χ2v) is 6.34. The summed E-state index contributed by atoms with van der Waals surface area (Å²) in [6.07, 6.45) is 3.38. The molecule has 0 saturated heterocycles. The zero-order valence-corrected chi connectivity index (χ0v) is 12.5. The normalized spacial score (nSPS) is 22.4. The Balaban J connectivity index is 1.70. The summed E-state index contributed by atoms with van der Waals surface area (Å²) in [5, 5.41) is 2.71. The van der Waals surface area contributed by atoms with Crippen molar-refractivity contribution in [1.29, 1.82) is 0 Å². The zero-order valence-electron chi connectivity index (χ0n) is 12.5. The lowest BCUT2D eigenvalue weighted by Gasteiger charge is -2.20. The highest BCUT2D eigenvalue weighted by molar-refractivity contribution is 5.97. The molecule has 112 valence electrons. The molecule has 0 fully saturated rings. The summed E-state index contributed by atoms with van der Waals surface area (Å²) < 4.78 is 10.9. The molecule has 5 nitrogen and oxygen atoms in total. The van der Waals surface area contributed by atoms with Gasteiger partial charge in [0.1, 0.15) is 17.5 Å². The topological polar surface area (TPSA) is 64.6 Å². The molecule has 5 heteroatoms. The highest BCUT2D eigenvalue weighted by Gasteiger charge is 2.31. The van der Waals surface area contributed by atoms with E-state index in [1.165, 1.54) is 0 Å². The molecule has 1 atom stereocenters. The van der Waals surface area contributed by atoms with Gasteiger partial charge in [0.05, 0.1) is 0 Å². The Morgan fingerprint density at radius 3 is 2.80 bits per heavy atom. The van der Waals surface area contributed by atoms with Gasteiger partial charge in [0.25, 0.3) is 0 Å². The van der Waals surface area contributed by atoms with E-state index in [-0.39, 0.29) is 11.9 Å². The number of rotatable bonds is 3. The third-order valence-corrected chi connectivity index (χ3v) is 3.36. The highest BCUT2D eigenvalue weighted by Crippen LogP contribution is 2.34. The first-order valence-electron chi connectivity index (χ1n) is 7.24. The van der Waals surface area contributed by atoms with E-state index >= 15 is 0 Å². The van der Waals surface area contributed by atoms with Crippen LogP contribution in [0.25, 0.3) is 0 Å². The van der Waals surface area contributed by atoms with Gasteiger partial charge in [0.2, 0.25) is 0 Å². The lowest BCUT2D eigenvalue weighted by Crippen LogP contribution is -2.34. The fourth-order valence-corrected chi connectivity index (χ4v) is 2.51.